The van der Waals surface area contributed by atoms with E-state index in [1.807, 2.05) is 4.90 Å². The van der Waals surface area contributed by atoms with Gasteiger partial charge in [0.25, 0.3) is 0 Å². The molecule has 3 nitrogen and oxygen atoms in total. The Morgan fingerprint density at radius 1 is 1.04 bits per heavy atom. The first kappa shape index (κ1) is 21.8. The number of alkyl halides is 3. The molecular formula is C18H26ClF3N2O. The zero-order valence-electron chi connectivity index (χ0n) is 14.5. The van der Waals surface area contributed by atoms with Gasteiger partial charge in [-0.2, -0.15) is 13.2 Å². The van der Waals surface area contributed by atoms with Crippen molar-refractivity contribution in [1.29, 1.82) is 0 Å². The smallest absolute Gasteiger partial charge is 0.340 e. The van der Waals surface area contributed by atoms with Crippen molar-refractivity contribution in [3.8, 4) is 0 Å². The number of hydrogen-bond acceptors (Lipinski definition) is 2. The van der Waals surface area contributed by atoms with Crippen LogP contribution in [0.5, 0.6) is 0 Å². The molecule has 0 radical (unpaired) electrons. The third-order valence-corrected chi connectivity index (χ3v) is 4.44. The number of amides is 1. The van der Waals surface area contributed by atoms with Crippen LogP contribution in [0.25, 0.3) is 0 Å². The molecule has 1 aliphatic rings. The fourth-order valence-corrected chi connectivity index (χ4v) is 2.90. The first-order valence-electron chi connectivity index (χ1n) is 8.56. The molecular weight excluding hydrogens is 353 g/mol. The minimum Gasteiger partial charge on any atom is -0.340 e. The van der Waals surface area contributed by atoms with Crippen molar-refractivity contribution in [2.24, 2.45) is 0 Å². The molecule has 0 unspecified atom stereocenters. The molecule has 0 atom stereocenters. The zero-order valence-corrected chi connectivity index (χ0v) is 15.3. The van der Waals surface area contributed by atoms with Crippen molar-refractivity contribution in [2.45, 2.75) is 38.8 Å². The fraction of sp³-hybridized carbons (Fsp3) is 0.611. The second-order valence-corrected chi connectivity index (χ2v) is 6.30. The Labute approximate surface area is 153 Å². The number of hydrogen-bond donors (Lipinski definition) is 0. The number of benzene rings is 1. The van der Waals surface area contributed by atoms with Gasteiger partial charge < -0.3 is 4.90 Å². The molecule has 0 aliphatic carbocycles. The van der Waals surface area contributed by atoms with Gasteiger partial charge in [0, 0.05) is 26.2 Å². The average molecular weight is 379 g/mol. The van der Waals surface area contributed by atoms with Crippen LogP contribution in [-0.2, 0) is 17.4 Å². The highest BCUT2D eigenvalue weighted by molar-refractivity contribution is 5.85. The number of rotatable bonds is 6. The SMILES string of the molecule is CCCCCN1CCN(C(=O)Cc2ccc(C(F)(F)F)cc2)CC1.Cl. The minimum absolute atomic E-state index is 0. The molecule has 1 heterocycles. The van der Waals surface area contributed by atoms with Crippen LogP contribution in [0.2, 0.25) is 0 Å². The minimum atomic E-state index is -4.34. The Morgan fingerprint density at radius 3 is 2.16 bits per heavy atom. The third-order valence-electron chi connectivity index (χ3n) is 4.44. The molecule has 0 saturated carbocycles. The van der Waals surface area contributed by atoms with Crippen LogP contribution in [-0.4, -0.2) is 48.4 Å². The van der Waals surface area contributed by atoms with E-state index in [0.29, 0.717) is 18.7 Å². The van der Waals surface area contributed by atoms with Gasteiger partial charge in [0.1, 0.15) is 0 Å². The second kappa shape index (κ2) is 10.0. The van der Waals surface area contributed by atoms with Gasteiger partial charge in [0.05, 0.1) is 12.0 Å². The average Bonchev–Trinajstić information content (AvgIpc) is 2.55. The maximum atomic E-state index is 12.5. The van der Waals surface area contributed by atoms with Crippen LogP contribution in [0.3, 0.4) is 0 Å². The lowest BCUT2D eigenvalue weighted by Crippen LogP contribution is -2.49. The lowest BCUT2D eigenvalue weighted by molar-refractivity contribution is -0.137. The van der Waals surface area contributed by atoms with Gasteiger partial charge in [-0.15, -0.1) is 12.4 Å². The first-order chi connectivity index (χ1) is 11.4. The molecule has 0 N–H and O–H groups in total. The Bertz CT molecular complexity index is 526. The summed E-state index contributed by atoms with van der Waals surface area (Å²) in [4.78, 5) is 16.5. The Hall–Kier alpha value is -1.27. The summed E-state index contributed by atoms with van der Waals surface area (Å²) in [5.74, 6) is -0.0111. The van der Waals surface area contributed by atoms with E-state index in [1.165, 1.54) is 31.4 Å². The summed E-state index contributed by atoms with van der Waals surface area (Å²) >= 11 is 0. The van der Waals surface area contributed by atoms with E-state index < -0.39 is 11.7 Å². The summed E-state index contributed by atoms with van der Waals surface area (Å²) in [6.45, 7) is 6.41. The van der Waals surface area contributed by atoms with E-state index in [0.717, 1.165) is 31.8 Å². The number of carbonyl (C=O) groups excluding carboxylic acids is 1. The molecule has 142 valence electrons. The topological polar surface area (TPSA) is 23.6 Å². The summed E-state index contributed by atoms with van der Waals surface area (Å²) in [5, 5.41) is 0. The van der Waals surface area contributed by atoms with Crippen molar-refractivity contribution < 1.29 is 18.0 Å². The summed E-state index contributed by atoms with van der Waals surface area (Å²) in [6, 6.07) is 4.85. The largest absolute Gasteiger partial charge is 0.416 e. The summed E-state index contributed by atoms with van der Waals surface area (Å²) in [5.41, 5.74) is -0.0576. The van der Waals surface area contributed by atoms with Gasteiger partial charge in [-0.25, -0.2) is 0 Å². The molecule has 0 aromatic heterocycles. The van der Waals surface area contributed by atoms with E-state index in [9.17, 15) is 18.0 Å². The van der Waals surface area contributed by atoms with Crippen molar-refractivity contribution in [3.63, 3.8) is 0 Å². The van der Waals surface area contributed by atoms with Crippen molar-refractivity contribution in [3.05, 3.63) is 35.4 Å². The van der Waals surface area contributed by atoms with E-state index in [4.69, 9.17) is 0 Å². The Morgan fingerprint density at radius 2 is 1.64 bits per heavy atom. The van der Waals surface area contributed by atoms with E-state index in [2.05, 4.69) is 11.8 Å². The van der Waals surface area contributed by atoms with Gasteiger partial charge in [-0.1, -0.05) is 31.9 Å². The van der Waals surface area contributed by atoms with Crippen molar-refractivity contribution >= 4 is 18.3 Å². The number of nitrogens with zero attached hydrogens (tertiary/aromatic N) is 2. The van der Waals surface area contributed by atoms with Crippen LogP contribution >= 0.6 is 12.4 Å². The summed E-state index contributed by atoms with van der Waals surface area (Å²) in [7, 11) is 0. The maximum Gasteiger partial charge on any atom is 0.416 e. The van der Waals surface area contributed by atoms with Crippen LogP contribution in [0.4, 0.5) is 13.2 Å². The molecule has 25 heavy (non-hydrogen) atoms. The Balaban J connectivity index is 0.00000312. The summed E-state index contributed by atoms with van der Waals surface area (Å²) < 4.78 is 37.6. The predicted octanol–water partition coefficient (Wildman–Crippen LogP) is 4.00. The predicted molar refractivity (Wildman–Crippen MR) is 94.9 cm³/mol. The molecule has 2 rings (SSSR count). The van der Waals surface area contributed by atoms with Gasteiger partial charge >= 0.3 is 6.18 Å². The highest BCUT2D eigenvalue weighted by atomic mass is 35.5. The third kappa shape index (κ3) is 6.86. The fourth-order valence-electron chi connectivity index (χ4n) is 2.90. The quantitative estimate of drug-likeness (QED) is 0.698. The zero-order chi connectivity index (χ0) is 17.6. The highest BCUT2D eigenvalue weighted by Gasteiger charge is 2.30. The van der Waals surface area contributed by atoms with Crippen LogP contribution < -0.4 is 0 Å². The van der Waals surface area contributed by atoms with Crippen molar-refractivity contribution in [2.75, 3.05) is 32.7 Å². The van der Waals surface area contributed by atoms with Gasteiger partial charge in [-0.05, 0) is 30.7 Å². The molecule has 0 bridgehead atoms. The van der Waals surface area contributed by atoms with Gasteiger partial charge in [0.15, 0.2) is 0 Å². The lowest BCUT2D eigenvalue weighted by atomic mass is 10.1. The lowest BCUT2D eigenvalue weighted by Gasteiger charge is -2.34. The maximum absolute atomic E-state index is 12.5. The van der Waals surface area contributed by atoms with Gasteiger partial charge in [0.2, 0.25) is 5.91 Å². The van der Waals surface area contributed by atoms with E-state index >= 15 is 0 Å². The van der Waals surface area contributed by atoms with Gasteiger partial charge in [-0.3, -0.25) is 9.69 Å². The number of unbranched alkanes of at least 4 members (excludes halogenated alkanes) is 2. The number of halogens is 4. The van der Waals surface area contributed by atoms with Crippen molar-refractivity contribution in [1.82, 2.24) is 9.80 Å². The molecule has 7 heteroatoms. The highest BCUT2D eigenvalue weighted by Crippen LogP contribution is 2.29. The molecule has 1 aromatic carbocycles. The van der Waals surface area contributed by atoms with Crippen LogP contribution in [0, 0.1) is 0 Å². The molecule has 1 amide bonds. The van der Waals surface area contributed by atoms with E-state index in [-0.39, 0.29) is 24.7 Å². The van der Waals surface area contributed by atoms with E-state index in [1.54, 1.807) is 0 Å². The monoisotopic (exact) mass is 378 g/mol. The molecule has 0 spiro atoms. The number of carbonyl (C=O) groups is 1. The molecule has 1 aromatic rings. The van der Waals surface area contributed by atoms with Crippen LogP contribution in [0.15, 0.2) is 24.3 Å². The summed E-state index contributed by atoms with van der Waals surface area (Å²) in [6.07, 6.45) is -0.556. The Kier molecular flexibility index (Phi) is 8.73. The van der Waals surface area contributed by atoms with Crippen LogP contribution in [0.1, 0.15) is 37.3 Å². The second-order valence-electron chi connectivity index (χ2n) is 6.30. The molecule has 1 aliphatic heterocycles. The standard InChI is InChI=1S/C18H25F3N2O.ClH/c1-2-3-4-9-22-10-12-23(13-11-22)17(24)14-15-5-7-16(8-6-15)18(19,20)21;/h5-8H,2-4,9-14H2,1H3;1H. The molecule has 1 fully saturated rings. The molecule has 1 saturated heterocycles. The normalized spacial score (nSPS) is 15.8. The number of piperazine rings is 1. The first-order valence-corrected chi connectivity index (χ1v) is 8.56.